The molecule has 0 fully saturated rings. The third kappa shape index (κ3) is 4.20. The molecule has 2 rings (SSSR count). The van der Waals surface area contributed by atoms with Crippen LogP contribution >= 0.6 is 0 Å². The topological polar surface area (TPSA) is 88.0 Å². The Bertz CT molecular complexity index is 508. The highest BCUT2D eigenvalue weighted by Crippen LogP contribution is 2.18. The summed E-state index contributed by atoms with van der Waals surface area (Å²) in [6.45, 7) is 3.69. The van der Waals surface area contributed by atoms with Crippen LogP contribution in [0, 0.1) is 0 Å². The van der Waals surface area contributed by atoms with Crippen LogP contribution < -0.4 is 15.5 Å². The van der Waals surface area contributed by atoms with Crippen molar-refractivity contribution in [3.63, 3.8) is 0 Å². The van der Waals surface area contributed by atoms with Gasteiger partial charge < -0.3 is 24.8 Å². The van der Waals surface area contributed by atoms with Crippen molar-refractivity contribution in [3.05, 3.63) is 23.8 Å². The van der Waals surface area contributed by atoms with Gasteiger partial charge in [-0.05, 0) is 31.9 Å². The van der Waals surface area contributed by atoms with E-state index < -0.39 is 13.2 Å². The van der Waals surface area contributed by atoms with E-state index in [1.807, 2.05) is 13.0 Å². The van der Waals surface area contributed by atoms with Gasteiger partial charge in [-0.25, -0.2) is 0 Å². The number of amides is 1. The molecule has 0 saturated heterocycles. The van der Waals surface area contributed by atoms with Crippen LogP contribution in [-0.2, 0) is 16.1 Å². The van der Waals surface area contributed by atoms with E-state index in [1.54, 1.807) is 19.1 Å². The summed E-state index contributed by atoms with van der Waals surface area (Å²) in [4.78, 5) is 11.8. The molecule has 2 unspecified atom stereocenters. The lowest BCUT2D eigenvalue weighted by Gasteiger charge is -2.16. The zero-order valence-electron chi connectivity index (χ0n) is 12.2. The molecule has 1 aromatic carbocycles. The fourth-order valence-corrected chi connectivity index (χ4v) is 2.40. The Morgan fingerprint density at radius 3 is 3.00 bits per heavy atom. The molecule has 0 aliphatic carbocycles. The number of ether oxygens (including phenoxy) is 1. The first-order valence-electron chi connectivity index (χ1n) is 6.99. The van der Waals surface area contributed by atoms with Gasteiger partial charge in [-0.15, -0.1) is 0 Å². The lowest BCUT2D eigenvalue weighted by molar-refractivity contribution is -0.123. The third-order valence-corrected chi connectivity index (χ3v) is 3.26. The summed E-state index contributed by atoms with van der Waals surface area (Å²) in [7, 11) is -1.01. The molecule has 2 atom stereocenters. The average Bonchev–Trinajstić information content (AvgIpc) is 2.78. The molecule has 1 heterocycles. The van der Waals surface area contributed by atoms with Crippen molar-refractivity contribution in [3.8, 4) is 5.75 Å². The molecular formula is C14H20BNO5. The Kier molecular flexibility index (Phi) is 5.22. The summed E-state index contributed by atoms with van der Waals surface area (Å²) in [5.41, 5.74) is 1.45. The standard InChI is InChI=1S/C14H20BNO5/c1-9(6-10(2)17)16-13(18)8-20-12-5-3-4-11-7-21-15(19)14(11)12/h3-5,9-10,17,19H,6-8H2,1-2H3,(H,16,18). The van der Waals surface area contributed by atoms with Crippen molar-refractivity contribution in [1.82, 2.24) is 5.32 Å². The van der Waals surface area contributed by atoms with E-state index in [9.17, 15) is 14.9 Å². The Labute approximate surface area is 124 Å². The molecule has 21 heavy (non-hydrogen) atoms. The summed E-state index contributed by atoms with van der Waals surface area (Å²) in [6.07, 6.45) is 0.0184. The van der Waals surface area contributed by atoms with Crippen LogP contribution in [0.15, 0.2) is 18.2 Å². The van der Waals surface area contributed by atoms with Crippen LogP contribution in [0.25, 0.3) is 0 Å². The quantitative estimate of drug-likeness (QED) is 0.619. The van der Waals surface area contributed by atoms with Crippen LogP contribution in [0.1, 0.15) is 25.8 Å². The Morgan fingerprint density at radius 1 is 1.52 bits per heavy atom. The van der Waals surface area contributed by atoms with Crippen molar-refractivity contribution >= 4 is 18.5 Å². The third-order valence-electron chi connectivity index (χ3n) is 3.26. The monoisotopic (exact) mass is 293 g/mol. The highest BCUT2D eigenvalue weighted by molar-refractivity contribution is 6.62. The first-order chi connectivity index (χ1) is 9.97. The predicted molar refractivity (Wildman–Crippen MR) is 78.2 cm³/mol. The number of carbonyl (C=O) groups excluding carboxylic acids is 1. The Morgan fingerprint density at radius 2 is 2.29 bits per heavy atom. The van der Waals surface area contributed by atoms with Gasteiger partial charge in [0.05, 0.1) is 12.7 Å². The molecule has 7 heteroatoms. The van der Waals surface area contributed by atoms with Gasteiger partial charge in [-0.1, -0.05) is 12.1 Å². The highest BCUT2D eigenvalue weighted by atomic mass is 16.5. The molecule has 6 nitrogen and oxygen atoms in total. The van der Waals surface area contributed by atoms with Gasteiger partial charge in [0.1, 0.15) is 5.75 Å². The number of hydrogen-bond donors (Lipinski definition) is 3. The second kappa shape index (κ2) is 6.93. The van der Waals surface area contributed by atoms with Gasteiger partial charge in [-0.3, -0.25) is 4.79 Å². The molecule has 0 bridgehead atoms. The first kappa shape index (κ1) is 15.8. The van der Waals surface area contributed by atoms with Gasteiger partial charge >= 0.3 is 7.12 Å². The van der Waals surface area contributed by atoms with Crippen molar-refractivity contribution < 1.29 is 24.3 Å². The molecule has 1 amide bonds. The lowest BCUT2D eigenvalue weighted by atomic mass is 9.79. The maximum absolute atomic E-state index is 11.8. The van der Waals surface area contributed by atoms with Crippen LogP contribution in [0.2, 0.25) is 0 Å². The van der Waals surface area contributed by atoms with Crippen LogP contribution in [0.3, 0.4) is 0 Å². The molecule has 1 aliphatic rings. The molecule has 1 aromatic rings. The van der Waals surface area contributed by atoms with Gasteiger partial charge in [0.15, 0.2) is 6.61 Å². The summed E-state index contributed by atoms with van der Waals surface area (Å²) in [5, 5.41) is 21.7. The highest BCUT2D eigenvalue weighted by Gasteiger charge is 2.31. The normalized spacial score (nSPS) is 16.3. The number of rotatable bonds is 6. The molecule has 3 N–H and O–H groups in total. The van der Waals surface area contributed by atoms with Gasteiger partial charge in [0.2, 0.25) is 0 Å². The van der Waals surface area contributed by atoms with Gasteiger partial charge in [0, 0.05) is 11.5 Å². The summed E-state index contributed by atoms with van der Waals surface area (Å²) in [5.74, 6) is 0.185. The number of fused-ring (bicyclic) bond motifs is 1. The van der Waals surface area contributed by atoms with E-state index in [2.05, 4.69) is 5.32 Å². The second-order valence-corrected chi connectivity index (χ2v) is 5.33. The van der Waals surface area contributed by atoms with E-state index in [0.29, 0.717) is 24.2 Å². The van der Waals surface area contributed by atoms with Crippen LogP contribution in [0.4, 0.5) is 0 Å². The Hall–Kier alpha value is -1.57. The van der Waals surface area contributed by atoms with Gasteiger partial charge in [0.25, 0.3) is 5.91 Å². The van der Waals surface area contributed by atoms with E-state index in [0.717, 1.165) is 5.56 Å². The van der Waals surface area contributed by atoms with Crippen molar-refractivity contribution in [1.29, 1.82) is 0 Å². The van der Waals surface area contributed by atoms with Crippen molar-refractivity contribution in [2.24, 2.45) is 0 Å². The number of benzene rings is 1. The largest absolute Gasteiger partial charge is 0.495 e. The number of hydrogen-bond acceptors (Lipinski definition) is 5. The maximum atomic E-state index is 11.8. The molecular weight excluding hydrogens is 273 g/mol. The van der Waals surface area contributed by atoms with E-state index >= 15 is 0 Å². The predicted octanol–water partition coefficient (Wildman–Crippen LogP) is -0.441. The SMILES string of the molecule is CC(O)CC(C)NC(=O)COc1cccc2c1B(O)OC2. The fraction of sp³-hybridized carbons (Fsp3) is 0.500. The average molecular weight is 293 g/mol. The number of nitrogens with one attached hydrogen (secondary N) is 1. The second-order valence-electron chi connectivity index (χ2n) is 5.33. The molecule has 0 radical (unpaired) electrons. The van der Waals surface area contributed by atoms with E-state index in [-0.39, 0.29) is 18.6 Å². The number of carbonyl (C=O) groups is 1. The van der Waals surface area contributed by atoms with E-state index in [1.165, 1.54) is 0 Å². The summed E-state index contributed by atoms with van der Waals surface area (Å²) < 4.78 is 10.6. The fourth-order valence-electron chi connectivity index (χ4n) is 2.40. The van der Waals surface area contributed by atoms with Gasteiger partial charge in [-0.2, -0.15) is 0 Å². The number of aliphatic hydroxyl groups excluding tert-OH is 1. The summed E-state index contributed by atoms with van der Waals surface area (Å²) in [6, 6.07) is 5.21. The molecule has 0 aromatic heterocycles. The molecule has 114 valence electrons. The Balaban J connectivity index is 1.89. The molecule has 0 saturated carbocycles. The zero-order chi connectivity index (χ0) is 15.4. The zero-order valence-corrected chi connectivity index (χ0v) is 12.2. The molecule has 0 spiro atoms. The van der Waals surface area contributed by atoms with Crippen molar-refractivity contribution in [2.75, 3.05) is 6.61 Å². The number of aliphatic hydroxyl groups is 1. The summed E-state index contributed by atoms with van der Waals surface area (Å²) >= 11 is 0. The van der Waals surface area contributed by atoms with Crippen LogP contribution in [-0.4, -0.2) is 41.9 Å². The minimum atomic E-state index is -1.01. The maximum Gasteiger partial charge on any atom is 0.495 e. The van der Waals surface area contributed by atoms with Crippen LogP contribution in [0.5, 0.6) is 5.75 Å². The smallest absolute Gasteiger partial charge is 0.484 e. The van der Waals surface area contributed by atoms with E-state index in [4.69, 9.17) is 9.39 Å². The minimum Gasteiger partial charge on any atom is -0.484 e. The lowest BCUT2D eigenvalue weighted by Crippen LogP contribution is -2.38. The minimum absolute atomic E-state index is 0.128. The first-order valence-corrected chi connectivity index (χ1v) is 6.99. The van der Waals surface area contributed by atoms with Crippen molar-refractivity contribution in [2.45, 2.75) is 39.0 Å². The molecule has 1 aliphatic heterocycles.